The van der Waals surface area contributed by atoms with E-state index in [1.165, 1.54) is 7.05 Å². The first kappa shape index (κ1) is 14.8. The number of nitrogens with one attached hydrogen (secondary N) is 2. The highest BCUT2D eigenvalue weighted by atomic mass is 32.1. The van der Waals surface area contributed by atoms with Crippen molar-refractivity contribution in [1.29, 1.82) is 0 Å². The molecule has 0 atom stereocenters. The molecule has 0 fully saturated rings. The number of likely N-dealkylation sites (N-methyl/N-ethyl adjacent to an activating group) is 1. The lowest BCUT2D eigenvalue weighted by molar-refractivity contribution is -0.380. The van der Waals surface area contributed by atoms with Crippen molar-refractivity contribution in [2.24, 2.45) is 0 Å². The van der Waals surface area contributed by atoms with Crippen LogP contribution in [0.4, 0.5) is 14.9 Å². The van der Waals surface area contributed by atoms with E-state index in [9.17, 15) is 19.7 Å². The average molecular weight is 287 g/mol. The van der Waals surface area contributed by atoms with E-state index in [1.54, 1.807) is 6.92 Å². The molecule has 0 radical (unpaired) electrons. The summed E-state index contributed by atoms with van der Waals surface area (Å²) in [4.78, 5) is 38.0. The molecule has 10 heteroatoms. The van der Waals surface area contributed by atoms with Gasteiger partial charge in [-0.15, -0.1) is 0 Å². The topological polar surface area (TPSA) is 117 Å². The van der Waals surface area contributed by atoms with E-state index < -0.39 is 16.9 Å². The Morgan fingerprint density at radius 1 is 1.58 bits per heavy atom. The van der Waals surface area contributed by atoms with Crippen LogP contribution in [-0.4, -0.2) is 42.0 Å². The normalized spacial score (nSPS) is 9.79. The fourth-order valence-electron chi connectivity index (χ4n) is 1.16. The highest BCUT2D eigenvalue weighted by Crippen LogP contribution is 2.28. The van der Waals surface area contributed by atoms with Crippen LogP contribution in [0.25, 0.3) is 0 Å². The first-order valence-corrected chi connectivity index (χ1v) is 6.17. The lowest BCUT2D eigenvalue weighted by Crippen LogP contribution is -2.45. The number of hydrogen-bond acceptors (Lipinski definition) is 6. The number of aromatic nitrogens is 1. The Kier molecular flexibility index (Phi) is 5.18. The molecule has 1 aromatic heterocycles. The van der Waals surface area contributed by atoms with E-state index >= 15 is 0 Å². The summed E-state index contributed by atoms with van der Waals surface area (Å²) >= 11 is 0.731. The summed E-state index contributed by atoms with van der Waals surface area (Å²) in [6, 6.07) is -0.532. The van der Waals surface area contributed by atoms with Gasteiger partial charge in [0, 0.05) is 13.6 Å². The fourth-order valence-corrected chi connectivity index (χ4v) is 1.89. The molecule has 0 saturated carbocycles. The first-order chi connectivity index (χ1) is 8.99. The van der Waals surface area contributed by atoms with Gasteiger partial charge in [-0.1, -0.05) is 0 Å². The van der Waals surface area contributed by atoms with Gasteiger partial charge in [-0.2, -0.15) is 0 Å². The van der Waals surface area contributed by atoms with Crippen LogP contribution in [0.5, 0.6) is 0 Å². The molecule has 19 heavy (non-hydrogen) atoms. The molecule has 3 amide bonds. The summed E-state index contributed by atoms with van der Waals surface area (Å²) in [7, 11) is 1.43. The molecule has 0 aliphatic carbocycles. The van der Waals surface area contributed by atoms with Gasteiger partial charge in [-0.3, -0.25) is 19.8 Å². The summed E-state index contributed by atoms with van der Waals surface area (Å²) in [6.45, 7) is 1.84. The van der Waals surface area contributed by atoms with Crippen molar-refractivity contribution in [3.63, 3.8) is 0 Å². The minimum atomic E-state index is -0.600. The van der Waals surface area contributed by atoms with Gasteiger partial charge in [0.15, 0.2) is 5.13 Å². The van der Waals surface area contributed by atoms with Crippen LogP contribution in [-0.2, 0) is 4.79 Å². The van der Waals surface area contributed by atoms with Crippen LogP contribution < -0.4 is 15.5 Å². The lowest BCUT2D eigenvalue weighted by atomic mass is 10.5. The van der Waals surface area contributed by atoms with E-state index in [0.717, 1.165) is 22.4 Å². The van der Waals surface area contributed by atoms with Crippen LogP contribution in [0.1, 0.15) is 6.92 Å². The molecule has 9 nitrogen and oxygen atoms in total. The van der Waals surface area contributed by atoms with Crippen molar-refractivity contribution in [2.45, 2.75) is 6.92 Å². The highest BCUT2D eigenvalue weighted by molar-refractivity contribution is 7.18. The number of anilines is 1. The van der Waals surface area contributed by atoms with Crippen LogP contribution in [0.2, 0.25) is 0 Å². The second-order valence-corrected chi connectivity index (χ2v) is 4.32. The van der Waals surface area contributed by atoms with Gasteiger partial charge < -0.3 is 10.6 Å². The zero-order chi connectivity index (χ0) is 14.4. The van der Waals surface area contributed by atoms with Crippen LogP contribution in [0, 0.1) is 10.1 Å². The first-order valence-electron chi connectivity index (χ1n) is 5.35. The molecule has 1 rings (SSSR count). The zero-order valence-corrected chi connectivity index (χ0v) is 11.2. The predicted octanol–water partition coefficient (Wildman–Crippen LogP) is 0.333. The molecule has 0 aliphatic rings. The number of carbonyl (C=O) groups excluding carboxylic acids is 2. The smallest absolute Gasteiger partial charge is 0.345 e. The number of thiazole rings is 1. The van der Waals surface area contributed by atoms with Crippen molar-refractivity contribution in [3.8, 4) is 0 Å². The van der Waals surface area contributed by atoms with Gasteiger partial charge in [0.1, 0.15) is 12.7 Å². The van der Waals surface area contributed by atoms with Crippen LogP contribution >= 0.6 is 11.3 Å². The Balaban J connectivity index is 2.96. The van der Waals surface area contributed by atoms with Crippen molar-refractivity contribution in [2.75, 3.05) is 25.0 Å². The molecule has 0 bridgehead atoms. The van der Waals surface area contributed by atoms with E-state index in [4.69, 9.17) is 0 Å². The summed E-state index contributed by atoms with van der Waals surface area (Å²) < 4.78 is 0. The fraction of sp³-hybridized carbons (Fsp3) is 0.444. The molecular weight excluding hydrogens is 274 g/mol. The number of amides is 3. The minimum Gasteiger partial charge on any atom is -0.358 e. The zero-order valence-electron chi connectivity index (χ0n) is 10.4. The number of rotatable bonds is 5. The van der Waals surface area contributed by atoms with Crippen molar-refractivity contribution in [1.82, 2.24) is 15.6 Å². The molecule has 104 valence electrons. The Morgan fingerprint density at radius 3 is 2.74 bits per heavy atom. The standard InChI is InChI=1S/C9H13N5O4S/c1-3-11-8(16)13(5-6(15)10-2)9-12-4-7(19-9)14(17)18/h4H,3,5H2,1-2H3,(H,10,15)(H,11,16). The molecule has 0 spiro atoms. The maximum absolute atomic E-state index is 11.8. The third-order valence-electron chi connectivity index (χ3n) is 2.05. The number of nitrogens with zero attached hydrogens (tertiary/aromatic N) is 3. The SMILES string of the molecule is CCNC(=O)N(CC(=O)NC)c1ncc([N+](=O)[O-])s1. The van der Waals surface area contributed by atoms with Gasteiger partial charge in [-0.25, -0.2) is 9.78 Å². The molecular formula is C9H13N5O4S. The van der Waals surface area contributed by atoms with Crippen LogP contribution in [0.3, 0.4) is 0 Å². The van der Waals surface area contributed by atoms with Crippen molar-refractivity contribution in [3.05, 3.63) is 16.3 Å². The molecule has 1 aromatic rings. The Hall–Kier alpha value is -2.23. The molecule has 0 saturated heterocycles. The lowest BCUT2D eigenvalue weighted by Gasteiger charge is -2.18. The molecule has 2 N–H and O–H groups in total. The largest absolute Gasteiger partial charge is 0.358 e. The van der Waals surface area contributed by atoms with E-state index in [-0.39, 0.29) is 16.7 Å². The number of nitro groups is 1. The maximum Gasteiger partial charge on any atom is 0.345 e. The average Bonchev–Trinajstić information content (AvgIpc) is 2.85. The molecule has 0 unspecified atom stereocenters. The molecule has 1 heterocycles. The predicted molar refractivity (Wildman–Crippen MR) is 69.3 cm³/mol. The maximum atomic E-state index is 11.8. The van der Waals surface area contributed by atoms with Crippen LogP contribution in [0.15, 0.2) is 6.20 Å². The number of carbonyl (C=O) groups is 2. The summed E-state index contributed by atoms with van der Waals surface area (Å²) in [5, 5.41) is 15.4. The second-order valence-electron chi connectivity index (χ2n) is 3.33. The van der Waals surface area contributed by atoms with Gasteiger partial charge in [-0.05, 0) is 18.3 Å². The highest BCUT2D eigenvalue weighted by Gasteiger charge is 2.23. The number of hydrogen-bond donors (Lipinski definition) is 2. The third-order valence-corrected chi connectivity index (χ3v) is 3.02. The minimum absolute atomic E-state index is 0.0984. The summed E-state index contributed by atoms with van der Waals surface area (Å²) in [5.74, 6) is -0.399. The van der Waals surface area contributed by atoms with Gasteiger partial charge >= 0.3 is 11.0 Å². The quantitative estimate of drug-likeness (QED) is 0.598. The van der Waals surface area contributed by atoms with Gasteiger partial charge in [0.2, 0.25) is 5.91 Å². The van der Waals surface area contributed by atoms with Crippen molar-refractivity contribution < 1.29 is 14.5 Å². The summed E-state index contributed by atoms with van der Waals surface area (Å²) in [6.07, 6.45) is 1.05. The van der Waals surface area contributed by atoms with E-state index in [1.807, 2.05) is 0 Å². The number of urea groups is 1. The third kappa shape index (κ3) is 3.88. The molecule has 0 aliphatic heterocycles. The monoisotopic (exact) mass is 287 g/mol. The summed E-state index contributed by atoms with van der Waals surface area (Å²) in [5.41, 5.74) is 0. The molecule has 0 aromatic carbocycles. The van der Waals surface area contributed by atoms with Crippen molar-refractivity contribution >= 4 is 33.4 Å². The van der Waals surface area contributed by atoms with Gasteiger partial charge in [0.25, 0.3) is 0 Å². The Morgan fingerprint density at radius 2 is 2.26 bits per heavy atom. The van der Waals surface area contributed by atoms with E-state index in [0.29, 0.717) is 6.54 Å². The van der Waals surface area contributed by atoms with E-state index in [2.05, 4.69) is 15.6 Å². The Bertz CT molecular complexity index is 489. The Labute approximate surface area is 112 Å². The second kappa shape index (κ2) is 6.64. The van der Waals surface area contributed by atoms with Gasteiger partial charge in [0.05, 0.1) is 4.92 Å².